The number of benzene rings is 2. The lowest BCUT2D eigenvalue weighted by Gasteiger charge is -2.11. The molecule has 3 heterocycles. The van der Waals surface area contributed by atoms with E-state index in [1.165, 1.54) is 12.8 Å². The molecule has 168 valence electrons. The van der Waals surface area contributed by atoms with Crippen molar-refractivity contribution in [2.75, 3.05) is 0 Å². The number of aromatic nitrogens is 5. The van der Waals surface area contributed by atoms with E-state index in [1.807, 2.05) is 55.5 Å². The second-order valence-corrected chi connectivity index (χ2v) is 8.91. The molecule has 6 nitrogen and oxygen atoms in total. The second kappa shape index (κ2) is 8.94. The van der Waals surface area contributed by atoms with Gasteiger partial charge in [0.05, 0.1) is 17.6 Å². The van der Waals surface area contributed by atoms with E-state index in [0.717, 1.165) is 41.6 Å². The fraction of sp³-hybridized carbons (Fsp3) is 0.308. The zero-order valence-electron chi connectivity index (χ0n) is 18.9. The average Bonchev–Trinajstić information content (AvgIpc) is 3.11. The largest absolute Gasteiger partial charge is 0.308 e. The minimum absolute atomic E-state index is 0.0886. The molecule has 0 saturated heterocycles. The van der Waals surface area contributed by atoms with Crippen LogP contribution < -0.4 is 5.56 Å². The predicted octanol–water partition coefficient (Wildman–Crippen LogP) is 5.88. The zero-order chi connectivity index (χ0) is 22.9. The Morgan fingerprint density at radius 1 is 0.848 bits per heavy atom. The Kier molecular flexibility index (Phi) is 5.85. The highest BCUT2D eigenvalue weighted by Gasteiger charge is 2.21. The Hall–Kier alpha value is -3.25. The first-order valence-corrected chi connectivity index (χ1v) is 11.8. The molecule has 0 fully saturated rings. The number of para-hydroxylation sites is 2. The normalized spacial score (nSPS) is 11.7. The van der Waals surface area contributed by atoms with Gasteiger partial charge in [-0.1, -0.05) is 62.1 Å². The lowest BCUT2D eigenvalue weighted by molar-refractivity contribution is 0.596. The van der Waals surface area contributed by atoms with Crippen LogP contribution in [0.1, 0.15) is 44.0 Å². The van der Waals surface area contributed by atoms with Gasteiger partial charge in [-0.25, -0.2) is 15.0 Å². The van der Waals surface area contributed by atoms with Gasteiger partial charge < -0.3 is 4.57 Å². The van der Waals surface area contributed by atoms with Crippen molar-refractivity contribution in [2.45, 2.75) is 52.6 Å². The van der Waals surface area contributed by atoms with Gasteiger partial charge in [0, 0.05) is 11.6 Å². The van der Waals surface area contributed by atoms with Crippen LogP contribution in [0.25, 0.3) is 33.2 Å². The molecule has 0 amide bonds. The summed E-state index contributed by atoms with van der Waals surface area (Å²) in [7, 11) is 0. The van der Waals surface area contributed by atoms with Gasteiger partial charge in [0.1, 0.15) is 16.7 Å². The van der Waals surface area contributed by atoms with Crippen LogP contribution >= 0.6 is 11.6 Å². The molecule has 2 aromatic carbocycles. The molecule has 0 aliphatic carbocycles. The number of fused-ring (bicyclic) bond motifs is 4. The third-order valence-electron chi connectivity index (χ3n) is 6.13. The topological polar surface area (TPSA) is 65.6 Å². The molecule has 7 heteroatoms. The van der Waals surface area contributed by atoms with Gasteiger partial charge in [-0.2, -0.15) is 0 Å². The minimum atomic E-state index is -0.0886. The smallest absolute Gasteiger partial charge is 0.265 e. The van der Waals surface area contributed by atoms with Crippen molar-refractivity contribution < 1.29 is 0 Å². The molecule has 0 unspecified atom stereocenters. The Morgan fingerprint density at radius 2 is 1.58 bits per heavy atom. The van der Waals surface area contributed by atoms with Crippen LogP contribution in [0.2, 0.25) is 5.02 Å². The first-order valence-electron chi connectivity index (χ1n) is 11.5. The Labute approximate surface area is 196 Å². The van der Waals surface area contributed by atoms with Crippen molar-refractivity contribution in [1.82, 2.24) is 24.1 Å². The van der Waals surface area contributed by atoms with Gasteiger partial charge >= 0.3 is 0 Å². The lowest BCUT2D eigenvalue weighted by atomic mass is 10.2. The van der Waals surface area contributed by atoms with E-state index < -0.39 is 0 Å². The SMILES string of the molecule is CCCCCCn1c2nc3ccccc3nc2c2c(=O)n(Cc3ccc(Cl)cc3)c(C)nc21. The van der Waals surface area contributed by atoms with E-state index >= 15 is 0 Å². The minimum Gasteiger partial charge on any atom is -0.308 e. The van der Waals surface area contributed by atoms with Crippen LogP contribution in [0, 0.1) is 6.92 Å². The summed E-state index contributed by atoms with van der Waals surface area (Å²) in [6, 6.07) is 15.3. The summed E-state index contributed by atoms with van der Waals surface area (Å²) in [4.78, 5) is 28.4. The number of hydrogen-bond acceptors (Lipinski definition) is 4. The summed E-state index contributed by atoms with van der Waals surface area (Å²) < 4.78 is 3.80. The fourth-order valence-corrected chi connectivity index (χ4v) is 4.49. The number of unbranched alkanes of at least 4 members (excludes halogenated alkanes) is 3. The maximum absolute atomic E-state index is 13.8. The third-order valence-corrected chi connectivity index (χ3v) is 6.38. The Balaban J connectivity index is 1.73. The molecule has 5 aromatic rings. The van der Waals surface area contributed by atoms with Gasteiger partial charge in [0.15, 0.2) is 11.3 Å². The first kappa shape index (κ1) is 21.6. The number of rotatable bonds is 7. The van der Waals surface area contributed by atoms with E-state index in [1.54, 1.807) is 4.57 Å². The highest BCUT2D eigenvalue weighted by Crippen LogP contribution is 2.26. The number of halogens is 1. The van der Waals surface area contributed by atoms with Crippen molar-refractivity contribution in [3.05, 3.63) is 75.3 Å². The summed E-state index contributed by atoms with van der Waals surface area (Å²) in [5.74, 6) is 0.671. The molecule has 0 aliphatic heterocycles. The molecule has 0 bridgehead atoms. The van der Waals surface area contributed by atoms with Crippen molar-refractivity contribution >= 4 is 44.8 Å². The van der Waals surface area contributed by atoms with Crippen molar-refractivity contribution in [2.24, 2.45) is 0 Å². The molecule has 0 saturated carbocycles. The lowest BCUT2D eigenvalue weighted by Crippen LogP contribution is -2.24. The molecule has 33 heavy (non-hydrogen) atoms. The molecular weight excluding hydrogens is 434 g/mol. The van der Waals surface area contributed by atoms with Crippen LogP contribution in [0.3, 0.4) is 0 Å². The quantitative estimate of drug-likeness (QED) is 0.285. The van der Waals surface area contributed by atoms with Crippen LogP contribution in [0.4, 0.5) is 0 Å². The first-order chi connectivity index (χ1) is 16.1. The molecule has 0 atom stereocenters. The van der Waals surface area contributed by atoms with E-state index in [4.69, 9.17) is 26.6 Å². The van der Waals surface area contributed by atoms with E-state index in [0.29, 0.717) is 33.9 Å². The molecule has 0 radical (unpaired) electrons. The zero-order valence-corrected chi connectivity index (χ0v) is 19.6. The van der Waals surface area contributed by atoms with Gasteiger partial charge in [-0.05, 0) is 43.2 Å². The van der Waals surface area contributed by atoms with E-state index in [2.05, 4.69) is 11.5 Å². The van der Waals surface area contributed by atoms with Crippen LogP contribution in [0.15, 0.2) is 53.3 Å². The van der Waals surface area contributed by atoms with Crippen molar-refractivity contribution in [3.8, 4) is 0 Å². The molecule has 0 N–H and O–H groups in total. The van der Waals surface area contributed by atoms with Crippen molar-refractivity contribution in [3.63, 3.8) is 0 Å². The highest BCUT2D eigenvalue weighted by molar-refractivity contribution is 6.30. The molecule has 3 aromatic heterocycles. The highest BCUT2D eigenvalue weighted by atomic mass is 35.5. The summed E-state index contributed by atoms with van der Waals surface area (Å²) in [5.41, 5.74) is 4.53. The van der Waals surface area contributed by atoms with Gasteiger partial charge in [0.2, 0.25) is 0 Å². The molecule has 0 spiro atoms. The number of hydrogen-bond donors (Lipinski definition) is 0. The van der Waals surface area contributed by atoms with E-state index in [-0.39, 0.29) is 5.56 Å². The maximum atomic E-state index is 13.8. The predicted molar refractivity (Wildman–Crippen MR) is 134 cm³/mol. The van der Waals surface area contributed by atoms with Gasteiger partial charge in [-0.3, -0.25) is 9.36 Å². The molecular formula is C26H26ClN5O. The van der Waals surface area contributed by atoms with Gasteiger partial charge in [0.25, 0.3) is 5.56 Å². The fourth-order valence-electron chi connectivity index (χ4n) is 4.36. The molecule has 0 aliphatic rings. The Bertz CT molecular complexity index is 1520. The summed E-state index contributed by atoms with van der Waals surface area (Å²) in [6.45, 7) is 5.27. The second-order valence-electron chi connectivity index (χ2n) is 8.47. The van der Waals surface area contributed by atoms with Crippen LogP contribution in [-0.2, 0) is 13.1 Å². The number of nitrogens with zero attached hydrogens (tertiary/aromatic N) is 5. The van der Waals surface area contributed by atoms with Crippen molar-refractivity contribution in [1.29, 1.82) is 0 Å². The van der Waals surface area contributed by atoms with Crippen LogP contribution in [-0.4, -0.2) is 24.1 Å². The monoisotopic (exact) mass is 459 g/mol. The standard InChI is InChI=1S/C26H26ClN5O/c1-3-4-5-8-15-31-24-22(23-25(31)30-21-10-7-6-9-20(21)29-23)26(33)32(17(2)28-24)16-18-11-13-19(27)14-12-18/h6-7,9-14H,3-5,8,15-16H2,1-2H3. The van der Waals surface area contributed by atoms with E-state index in [9.17, 15) is 4.79 Å². The third kappa shape index (κ3) is 4.00. The summed E-state index contributed by atoms with van der Waals surface area (Å²) in [6.07, 6.45) is 4.50. The summed E-state index contributed by atoms with van der Waals surface area (Å²) in [5, 5.41) is 1.21. The average molecular weight is 460 g/mol. The van der Waals surface area contributed by atoms with Gasteiger partial charge in [-0.15, -0.1) is 0 Å². The summed E-state index contributed by atoms with van der Waals surface area (Å²) >= 11 is 6.03. The number of aryl methyl sites for hydroxylation is 2. The van der Waals surface area contributed by atoms with Crippen LogP contribution in [0.5, 0.6) is 0 Å². The Morgan fingerprint density at radius 3 is 2.30 bits per heavy atom. The maximum Gasteiger partial charge on any atom is 0.265 e. The molecule has 5 rings (SSSR count).